The maximum Gasteiger partial charge on any atom is 0.325 e. The molecule has 0 radical (unpaired) electrons. The highest BCUT2D eigenvalue weighted by molar-refractivity contribution is 9.11. The van der Waals surface area contributed by atoms with Crippen LogP contribution in [0, 0.1) is 0 Å². The normalized spacial score (nSPS) is 27.3. The predicted molar refractivity (Wildman–Crippen MR) is 69.3 cm³/mol. The molecule has 2 aliphatic heterocycles. The zero-order valence-corrected chi connectivity index (χ0v) is 11.8. The van der Waals surface area contributed by atoms with Gasteiger partial charge in [0.15, 0.2) is 0 Å². The summed E-state index contributed by atoms with van der Waals surface area (Å²) < 4.78 is 6.23. The molecule has 7 heteroatoms. The van der Waals surface area contributed by atoms with Gasteiger partial charge in [-0.2, -0.15) is 0 Å². The van der Waals surface area contributed by atoms with Gasteiger partial charge in [-0.25, -0.2) is 4.79 Å². The molecule has 96 valence electrons. The number of nitrogens with one attached hydrogen (secondary N) is 1. The highest BCUT2D eigenvalue weighted by Gasteiger charge is 2.53. The fraction of sp³-hybridized carbons (Fsp3) is 0.455. The fourth-order valence-corrected chi connectivity index (χ4v) is 3.46. The van der Waals surface area contributed by atoms with E-state index < -0.39 is 5.54 Å². The summed E-state index contributed by atoms with van der Waals surface area (Å²) in [5.74, 6) is -0.174. The van der Waals surface area contributed by atoms with Crippen LogP contribution >= 0.6 is 27.3 Å². The van der Waals surface area contributed by atoms with Crippen molar-refractivity contribution in [2.24, 2.45) is 0 Å². The standard InChI is InChI=1S/C11H11BrN2O3S/c12-8-3-7(5-18-8)4-14-9(15)11(13-10(14)16)1-2-17-6-11/h3,5H,1-2,4,6H2,(H,13,16)/t11-/m1/s1. The first-order valence-electron chi connectivity index (χ1n) is 5.55. The first-order valence-corrected chi connectivity index (χ1v) is 7.23. The highest BCUT2D eigenvalue weighted by Crippen LogP contribution is 2.29. The minimum atomic E-state index is -0.815. The molecule has 1 aromatic heterocycles. The number of urea groups is 1. The van der Waals surface area contributed by atoms with E-state index in [2.05, 4.69) is 21.2 Å². The molecule has 1 aromatic rings. The van der Waals surface area contributed by atoms with Gasteiger partial charge in [-0.3, -0.25) is 9.69 Å². The molecule has 1 atom stereocenters. The van der Waals surface area contributed by atoms with Crippen LogP contribution in [0.4, 0.5) is 4.79 Å². The van der Waals surface area contributed by atoms with Gasteiger partial charge in [0.05, 0.1) is 16.9 Å². The maximum atomic E-state index is 12.3. The van der Waals surface area contributed by atoms with Crippen LogP contribution < -0.4 is 5.32 Å². The Morgan fingerprint density at radius 2 is 2.39 bits per heavy atom. The lowest BCUT2D eigenvalue weighted by Gasteiger charge is -2.18. The summed E-state index contributed by atoms with van der Waals surface area (Å²) in [6.45, 7) is 1.11. The van der Waals surface area contributed by atoms with Gasteiger partial charge in [0.2, 0.25) is 0 Å². The summed E-state index contributed by atoms with van der Waals surface area (Å²) in [6, 6.07) is 1.59. The summed E-state index contributed by atoms with van der Waals surface area (Å²) in [6.07, 6.45) is 0.557. The lowest BCUT2D eigenvalue weighted by molar-refractivity contribution is -0.131. The van der Waals surface area contributed by atoms with E-state index in [-0.39, 0.29) is 18.5 Å². The number of halogens is 1. The molecular formula is C11H11BrN2O3S. The number of rotatable bonds is 2. The van der Waals surface area contributed by atoms with Gasteiger partial charge in [0, 0.05) is 13.0 Å². The molecule has 18 heavy (non-hydrogen) atoms. The van der Waals surface area contributed by atoms with Crippen LogP contribution in [0.1, 0.15) is 12.0 Å². The predicted octanol–water partition coefficient (Wildman–Crippen LogP) is 1.72. The molecule has 0 aromatic carbocycles. The van der Waals surface area contributed by atoms with Crippen LogP contribution in [0.3, 0.4) is 0 Å². The lowest BCUT2D eigenvalue weighted by atomic mass is 9.99. The Morgan fingerprint density at radius 1 is 1.56 bits per heavy atom. The molecule has 3 amide bonds. The molecule has 0 saturated carbocycles. The Labute approximate surface area is 116 Å². The molecule has 2 aliphatic rings. The maximum absolute atomic E-state index is 12.3. The van der Waals surface area contributed by atoms with Crippen LogP contribution in [0.2, 0.25) is 0 Å². The van der Waals surface area contributed by atoms with Crippen molar-refractivity contribution in [3.8, 4) is 0 Å². The number of imide groups is 1. The fourth-order valence-electron chi connectivity index (χ4n) is 2.26. The first-order chi connectivity index (χ1) is 8.61. The van der Waals surface area contributed by atoms with Crippen molar-refractivity contribution in [2.45, 2.75) is 18.5 Å². The zero-order valence-electron chi connectivity index (χ0n) is 9.44. The van der Waals surface area contributed by atoms with Crippen LogP contribution in [0.5, 0.6) is 0 Å². The number of thiophene rings is 1. The average Bonchev–Trinajstić information content (AvgIpc) is 2.99. The van der Waals surface area contributed by atoms with E-state index >= 15 is 0 Å². The van der Waals surface area contributed by atoms with E-state index in [4.69, 9.17) is 4.74 Å². The third-order valence-electron chi connectivity index (χ3n) is 3.23. The number of hydrogen-bond acceptors (Lipinski definition) is 4. The van der Waals surface area contributed by atoms with Crippen molar-refractivity contribution >= 4 is 39.2 Å². The van der Waals surface area contributed by atoms with Gasteiger partial charge >= 0.3 is 6.03 Å². The Bertz CT molecular complexity index is 510. The minimum Gasteiger partial charge on any atom is -0.378 e. The number of hydrogen-bond donors (Lipinski definition) is 1. The molecule has 0 aliphatic carbocycles. The van der Waals surface area contributed by atoms with Crippen LogP contribution in [-0.2, 0) is 16.1 Å². The van der Waals surface area contributed by atoms with E-state index in [1.165, 1.54) is 16.2 Å². The topological polar surface area (TPSA) is 58.6 Å². The van der Waals surface area contributed by atoms with Crippen molar-refractivity contribution in [3.63, 3.8) is 0 Å². The zero-order chi connectivity index (χ0) is 12.8. The quantitative estimate of drug-likeness (QED) is 0.840. The molecular weight excluding hydrogens is 320 g/mol. The average molecular weight is 331 g/mol. The van der Waals surface area contributed by atoms with Gasteiger partial charge < -0.3 is 10.1 Å². The molecule has 1 N–H and O–H groups in total. The summed E-state index contributed by atoms with van der Waals surface area (Å²) >= 11 is 4.90. The molecule has 0 unspecified atom stereocenters. The molecule has 5 nitrogen and oxygen atoms in total. The number of carbonyl (C=O) groups excluding carboxylic acids is 2. The van der Waals surface area contributed by atoms with Gasteiger partial charge in [-0.05, 0) is 32.9 Å². The second kappa shape index (κ2) is 4.32. The van der Waals surface area contributed by atoms with Gasteiger partial charge in [0.1, 0.15) is 5.54 Å². The number of amides is 3. The minimum absolute atomic E-state index is 0.174. The molecule has 3 heterocycles. The summed E-state index contributed by atoms with van der Waals surface area (Å²) in [5.41, 5.74) is 0.135. The van der Waals surface area contributed by atoms with E-state index in [1.807, 2.05) is 11.4 Å². The third kappa shape index (κ3) is 1.86. The van der Waals surface area contributed by atoms with Crippen LogP contribution in [0.25, 0.3) is 0 Å². The molecule has 2 fully saturated rings. The second-order valence-electron chi connectivity index (χ2n) is 4.47. The van der Waals surface area contributed by atoms with E-state index in [0.29, 0.717) is 19.6 Å². The van der Waals surface area contributed by atoms with Crippen molar-refractivity contribution in [2.75, 3.05) is 13.2 Å². The SMILES string of the molecule is O=C1N[C@@]2(CCOC2)C(=O)N1Cc1csc(Br)c1. The smallest absolute Gasteiger partial charge is 0.325 e. The number of nitrogens with zero attached hydrogens (tertiary/aromatic N) is 1. The van der Waals surface area contributed by atoms with Gasteiger partial charge in [-0.1, -0.05) is 0 Å². The van der Waals surface area contributed by atoms with Gasteiger partial charge in [0.25, 0.3) is 5.91 Å². The van der Waals surface area contributed by atoms with Crippen molar-refractivity contribution in [1.29, 1.82) is 0 Å². The highest BCUT2D eigenvalue weighted by atomic mass is 79.9. The van der Waals surface area contributed by atoms with E-state index in [9.17, 15) is 9.59 Å². The monoisotopic (exact) mass is 330 g/mol. The summed E-state index contributed by atoms with van der Waals surface area (Å²) in [7, 11) is 0. The molecule has 2 saturated heterocycles. The van der Waals surface area contributed by atoms with Crippen molar-refractivity contribution in [3.05, 3.63) is 20.8 Å². The molecule has 0 bridgehead atoms. The first kappa shape index (κ1) is 12.1. The molecule has 1 spiro atoms. The number of carbonyl (C=O) groups is 2. The van der Waals surface area contributed by atoms with E-state index in [0.717, 1.165) is 9.35 Å². The Hall–Kier alpha value is -0.920. The Morgan fingerprint density at radius 3 is 3.00 bits per heavy atom. The Kier molecular flexibility index (Phi) is 2.91. The lowest BCUT2D eigenvalue weighted by Crippen LogP contribution is -2.47. The Balaban J connectivity index is 1.80. The van der Waals surface area contributed by atoms with E-state index in [1.54, 1.807) is 0 Å². The third-order valence-corrected chi connectivity index (χ3v) is 4.78. The largest absolute Gasteiger partial charge is 0.378 e. The van der Waals surface area contributed by atoms with Gasteiger partial charge in [-0.15, -0.1) is 11.3 Å². The summed E-state index contributed by atoms with van der Waals surface area (Å²) in [5, 5.41) is 4.69. The van der Waals surface area contributed by atoms with Crippen molar-refractivity contribution < 1.29 is 14.3 Å². The van der Waals surface area contributed by atoms with Crippen molar-refractivity contribution in [1.82, 2.24) is 10.2 Å². The molecule has 3 rings (SSSR count). The second-order valence-corrected chi connectivity index (χ2v) is 6.76. The van der Waals surface area contributed by atoms with Crippen LogP contribution in [-0.4, -0.2) is 35.6 Å². The van der Waals surface area contributed by atoms with Crippen LogP contribution in [0.15, 0.2) is 15.2 Å². The number of ether oxygens (including phenoxy) is 1. The summed E-state index contributed by atoms with van der Waals surface area (Å²) in [4.78, 5) is 25.5.